The van der Waals surface area contributed by atoms with Crippen molar-refractivity contribution < 1.29 is 4.74 Å². The summed E-state index contributed by atoms with van der Waals surface area (Å²) in [5.74, 6) is 1.85. The van der Waals surface area contributed by atoms with E-state index in [9.17, 15) is 0 Å². The van der Waals surface area contributed by atoms with E-state index in [1.807, 2.05) is 30.3 Å². The first-order valence-electron chi connectivity index (χ1n) is 17.1. The van der Waals surface area contributed by atoms with E-state index < -0.39 is 0 Å². The van der Waals surface area contributed by atoms with Gasteiger partial charge in [-0.3, -0.25) is 0 Å². The topological polar surface area (TPSA) is 35.0 Å². The van der Waals surface area contributed by atoms with Gasteiger partial charge in [-0.25, -0.2) is 9.97 Å². The molecule has 0 amide bonds. The van der Waals surface area contributed by atoms with Crippen molar-refractivity contribution in [2.75, 3.05) is 0 Å². The van der Waals surface area contributed by atoms with Crippen molar-refractivity contribution in [2.24, 2.45) is 0 Å². The maximum Gasteiger partial charge on any atom is 0.160 e. The van der Waals surface area contributed by atoms with Crippen LogP contribution in [0.15, 0.2) is 182 Å². The first kappa shape index (κ1) is 29.8. The zero-order valence-corrected chi connectivity index (χ0v) is 27.7. The fourth-order valence-corrected chi connectivity index (χ4v) is 7.34. The molecule has 2 unspecified atom stereocenters. The highest BCUT2D eigenvalue weighted by Gasteiger charge is 2.46. The molecular formula is C47H34N2O. The molecule has 50 heavy (non-hydrogen) atoms. The fourth-order valence-electron chi connectivity index (χ4n) is 7.34. The van der Waals surface area contributed by atoms with Crippen LogP contribution in [0.1, 0.15) is 24.0 Å². The zero-order chi connectivity index (χ0) is 33.5. The Bertz CT molecular complexity index is 2380. The number of rotatable bonds is 6. The van der Waals surface area contributed by atoms with Gasteiger partial charge in [0, 0.05) is 22.3 Å². The van der Waals surface area contributed by atoms with Gasteiger partial charge < -0.3 is 4.74 Å². The van der Waals surface area contributed by atoms with Crippen molar-refractivity contribution in [3.8, 4) is 61.9 Å². The molecule has 6 aromatic carbocycles. The van der Waals surface area contributed by atoms with Crippen LogP contribution in [-0.2, 0) is 0 Å². The van der Waals surface area contributed by atoms with Crippen molar-refractivity contribution in [3.05, 3.63) is 193 Å². The van der Waals surface area contributed by atoms with Gasteiger partial charge in [0.2, 0.25) is 0 Å². The number of nitrogens with zero attached hydrogens (tertiary/aromatic N) is 2. The van der Waals surface area contributed by atoms with Crippen molar-refractivity contribution in [1.82, 2.24) is 9.97 Å². The molecule has 0 spiro atoms. The summed E-state index contributed by atoms with van der Waals surface area (Å²) in [5.41, 5.74) is 12.9. The maximum absolute atomic E-state index is 6.44. The summed E-state index contributed by atoms with van der Waals surface area (Å²) in [4.78, 5) is 10.1. The van der Waals surface area contributed by atoms with E-state index in [4.69, 9.17) is 14.7 Å². The predicted molar refractivity (Wildman–Crippen MR) is 205 cm³/mol. The van der Waals surface area contributed by atoms with Gasteiger partial charge in [0.05, 0.1) is 17.3 Å². The van der Waals surface area contributed by atoms with E-state index >= 15 is 0 Å². The van der Waals surface area contributed by atoms with E-state index in [-0.39, 0.29) is 11.5 Å². The predicted octanol–water partition coefficient (Wildman–Crippen LogP) is 11.7. The molecule has 2 atom stereocenters. The molecule has 7 aromatic rings. The summed E-state index contributed by atoms with van der Waals surface area (Å²) >= 11 is 0. The Morgan fingerprint density at radius 2 is 0.940 bits per heavy atom. The molecule has 1 aliphatic carbocycles. The lowest BCUT2D eigenvalue weighted by Gasteiger charge is -2.32. The van der Waals surface area contributed by atoms with Gasteiger partial charge in [-0.2, -0.15) is 0 Å². The second-order valence-electron chi connectivity index (χ2n) is 13.2. The molecule has 2 heterocycles. The van der Waals surface area contributed by atoms with Gasteiger partial charge >= 0.3 is 0 Å². The van der Waals surface area contributed by atoms with Gasteiger partial charge in [0.1, 0.15) is 11.4 Å². The Labute approximate surface area is 292 Å². The Morgan fingerprint density at radius 3 is 1.52 bits per heavy atom. The normalized spacial score (nSPS) is 17.4. The van der Waals surface area contributed by atoms with Gasteiger partial charge in [-0.15, -0.1) is 0 Å². The average molecular weight is 643 g/mol. The quantitative estimate of drug-likeness (QED) is 0.181. The van der Waals surface area contributed by atoms with Crippen LogP contribution < -0.4 is 4.74 Å². The average Bonchev–Trinajstić information content (AvgIpc) is 3.51. The van der Waals surface area contributed by atoms with E-state index in [1.54, 1.807) is 0 Å². The zero-order valence-electron chi connectivity index (χ0n) is 27.7. The van der Waals surface area contributed by atoms with Crippen molar-refractivity contribution in [1.29, 1.82) is 0 Å². The van der Waals surface area contributed by atoms with Gasteiger partial charge in [-0.05, 0) is 58.5 Å². The lowest BCUT2D eigenvalue weighted by Crippen LogP contribution is -2.34. The SMILES string of the molecule is CC12C=CC=C(c3ccc(-c4ccc(-c5cc(-c6ccc(-c7ccccc7)cc6)nc(-c6ccccc6)n5)cc4)cc3)C1c1ccccc1O2. The number of hydrogen-bond donors (Lipinski definition) is 0. The third-order valence-electron chi connectivity index (χ3n) is 9.93. The number of fused-ring (bicyclic) bond motifs is 3. The Balaban J connectivity index is 1.01. The highest BCUT2D eigenvalue weighted by Crippen LogP contribution is 2.53. The van der Waals surface area contributed by atoms with Crippen molar-refractivity contribution in [3.63, 3.8) is 0 Å². The van der Waals surface area contributed by atoms with Crippen LogP contribution in [0.2, 0.25) is 0 Å². The molecule has 0 bridgehead atoms. The summed E-state index contributed by atoms with van der Waals surface area (Å²) < 4.78 is 6.44. The minimum Gasteiger partial charge on any atom is -0.482 e. The van der Waals surface area contributed by atoms with Crippen molar-refractivity contribution >= 4 is 5.57 Å². The Morgan fingerprint density at radius 1 is 0.480 bits per heavy atom. The van der Waals surface area contributed by atoms with Crippen LogP contribution >= 0.6 is 0 Å². The molecular weight excluding hydrogens is 609 g/mol. The second-order valence-corrected chi connectivity index (χ2v) is 13.2. The summed E-state index contributed by atoms with van der Waals surface area (Å²) in [6.07, 6.45) is 6.55. The van der Waals surface area contributed by atoms with Crippen molar-refractivity contribution in [2.45, 2.75) is 18.4 Å². The van der Waals surface area contributed by atoms with Gasteiger partial charge in [-0.1, -0.05) is 164 Å². The van der Waals surface area contributed by atoms with Crippen LogP contribution in [0.5, 0.6) is 5.75 Å². The van der Waals surface area contributed by atoms with E-state index in [0.29, 0.717) is 5.82 Å². The number of benzene rings is 6. The Kier molecular flexibility index (Phi) is 7.32. The van der Waals surface area contributed by atoms with Crippen LogP contribution in [0, 0.1) is 0 Å². The molecule has 0 radical (unpaired) electrons. The fraction of sp³-hybridized carbons (Fsp3) is 0.0638. The van der Waals surface area contributed by atoms with Crippen LogP contribution in [0.25, 0.3) is 61.7 Å². The Hall–Kier alpha value is -6.32. The summed E-state index contributed by atoms with van der Waals surface area (Å²) in [6, 6.07) is 57.4. The maximum atomic E-state index is 6.44. The number of ether oxygens (including phenoxy) is 1. The van der Waals surface area contributed by atoms with Gasteiger partial charge in [0.25, 0.3) is 0 Å². The molecule has 238 valence electrons. The van der Waals surface area contributed by atoms with Gasteiger partial charge in [0.15, 0.2) is 5.82 Å². The molecule has 9 rings (SSSR count). The standard InChI is InChI=1S/C47H34N2O/c1-47-30-10-16-40(45(47)41-15-8-9-17-44(41)50-47)36-24-18-34(19-25-36)35-22-28-38(29-23-35)43-31-42(48-46(49-43)39-13-6-3-7-14-39)37-26-20-33(21-27-37)32-11-4-2-5-12-32/h2-31,45H,1H3. The second kappa shape index (κ2) is 12.3. The minimum absolute atomic E-state index is 0.161. The third kappa shape index (κ3) is 5.43. The molecule has 0 saturated carbocycles. The minimum atomic E-state index is -0.380. The van der Waals surface area contributed by atoms with Crippen LogP contribution in [0.3, 0.4) is 0 Å². The summed E-state index contributed by atoms with van der Waals surface area (Å²) in [5, 5.41) is 0. The molecule has 0 fully saturated rings. The lowest BCUT2D eigenvalue weighted by atomic mass is 9.74. The molecule has 1 aromatic heterocycles. The third-order valence-corrected chi connectivity index (χ3v) is 9.93. The van der Waals surface area contributed by atoms with Crippen LogP contribution in [-0.4, -0.2) is 15.6 Å². The first-order chi connectivity index (χ1) is 24.6. The highest BCUT2D eigenvalue weighted by atomic mass is 16.5. The molecule has 1 aliphatic heterocycles. The van der Waals surface area contributed by atoms with E-state index in [1.165, 1.54) is 33.4 Å². The highest BCUT2D eigenvalue weighted by molar-refractivity contribution is 5.81. The molecule has 3 nitrogen and oxygen atoms in total. The molecule has 2 aliphatic rings. The molecule has 0 N–H and O–H groups in total. The number of aromatic nitrogens is 2. The molecule has 0 saturated heterocycles. The monoisotopic (exact) mass is 642 g/mol. The largest absolute Gasteiger partial charge is 0.482 e. The molecule has 3 heteroatoms. The summed E-state index contributed by atoms with van der Waals surface area (Å²) in [7, 11) is 0. The van der Waals surface area contributed by atoms with Crippen LogP contribution in [0.4, 0.5) is 0 Å². The smallest absolute Gasteiger partial charge is 0.160 e. The number of allylic oxidation sites excluding steroid dienone is 2. The summed E-state index contributed by atoms with van der Waals surface area (Å²) in [6.45, 7) is 2.18. The lowest BCUT2D eigenvalue weighted by molar-refractivity contribution is 0.158. The van der Waals surface area contributed by atoms with E-state index in [0.717, 1.165) is 39.4 Å². The van der Waals surface area contributed by atoms with E-state index in [2.05, 4.69) is 159 Å². The number of para-hydroxylation sites is 1. The number of hydrogen-bond acceptors (Lipinski definition) is 3. The first-order valence-corrected chi connectivity index (χ1v) is 17.1.